The van der Waals surface area contributed by atoms with Gasteiger partial charge in [-0.25, -0.2) is 0 Å². The minimum absolute atomic E-state index is 0.00866. The Morgan fingerprint density at radius 3 is 2.07 bits per heavy atom. The molecule has 4 aromatic carbocycles. The Kier molecular flexibility index (Phi) is 9.02. The van der Waals surface area contributed by atoms with Gasteiger partial charge in [0, 0.05) is 62.1 Å². The molecule has 214 valence electrons. The summed E-state index contributed by atoms with van der Waals surface area (Å²) in [5.41, 5.74) is 7.05. The molecule has 5 rings (SSSR count). The van der Waals surface area contributed by atoms with Crippen LogP contribution in [0.15, 0.2) is 109 Å². The van der Waals surface area contributed by atoms with Gasteiger partial charge in [0.05, 0.1) is 0 Å². The summed E-state index contributed by atoms with van der Waals surface area (Å²) in [4.78, 5) is 36.7. The second-order valence-electron chi connectivity index (χ2n) is 11.0. The molecule has 0 atom stereocenters. The highest BCUT2D eigenvalue weighted by molar-refractivity contribution is 5.96. The van der Waals surface area contributed by atoms with E-state index >= 15 is 0 Å². The average Bonchev–Trinajstić information content (AvgIpc) is 3.42. The van der Waals surface area contributed by atoms with E-state index in [0.717, 1.165) is 27.9 Å². The van der Waals surface area contributed by atoms with Crippen LogP contribution in [-0.2, 0) is 24.3 Å². The highest BCUT2D eigenvalue weighted by Gasteiger charge is 2.23. The van der Waals surface area contributed by atoms with Gasteiger partial charge in [-0.3, -0.25) is 9.59 Å². The predicted molar refractivity (Wildman–Crippen MR) is 171 cm³/mol. The van der Waals surface area contributed by atoms with Gasteiger partial charge in [0.25, 0.3) is 5.91 Å². The van der Waals surface area contributed by atoms with Crippen molar-refractivity contribution in [3.63, 3.8) is 0 Å². The Hall–Kier alpha value is -4.84. The van der Waals surface area contributed by atoms with E-state index in [4.69, 9.17) is 0 Å². The first kappa shape index (κ1) is 28.7. The highest BCUT2D eigenvalue weighted by atomic mass is 16.2. The summed E-state index contributed by atoms with van der Waals surface area (Å²) in [6.45, 7) is 3.34. The molecule has 0 unspecified atom stereocenters. The highest BCUT2D eigenvalue weighted by Crippen LogP contribution is 2.20. The van der Waals surface area contributed by atoms with Crippen LogP contribution >= 0.6 is 0 Å². The fourth-order valence-corrected chi connectivity index (χ4v) is 5.15. The van der Waals surface area contributed by atoms with E-state index < -0.39 is 0 Å². The largest absolute Gasteiger partial charge is 0.378 e. The van der Waals surface area contributed by atoms with Gasteiger partial charge < -0.3 is 19.7 Å². The van der Waals surface area contributed by atoms with Crippen molar-refractivity contribution in [3.8, 4) is 0 Å². The third kappa shape index (κ3) is 7.07. The first-order chi connectivity index (χ1) is 20.4. The van der Waals surface area contributed by atoms with Gasteiger partial charge in [-0.1, -0.05) is 78.4 Å². The second kappa shape index (κ2) is 13.2. The fourth-order valence-electron chi connectivity index (χ4n) is 5.15. The van der Waals surface area contributed by atoms with Crippen LogP contribution in [0.4, 0.5) is 5.69 Å². The van der Waals surface area contributed by atoms with Crippen LogP contribution in [0.3, 0.4) is 0 Å². The number of nitrogens with one attached hydrogen (secondary N) is 1. The van der Waals surface area contributed by atoms with Gasteiger partial charge in [0.2, 0.25) is 5.91 Å². The summed E-state index contributed by atoms with van der Waals surface area (Å²) in [6, 6.07) is 33.9. The second-order valence-corrected chi connectivity index (χ2v) is 11.0. The van der Waals surface area contributed by atoms with E-state index in [9.17, 15) is 9.59 Å². The molecule has 0 aliphatic heterocycles. The number of aromatic nitrogens is 1. The minimum Gasteiger partial charge on any atom is -0.378 e. The number of fused-ring (bicyclic) bond motifs is 1. The number of aryl methyl sites for hydroxylation is 1. The van der Waals surface area contributed by atoms with Gasteiger partial charge >= 0.3 is 0 Å². The Morgan fingerprint density at radius 2 is 1.36 bits per heavy atom. The van der Waals surface area contributed by atoms with E-state index in [1.807, 2.05) is 98.8 Å². The molecule has 0 aliphatic rings. The molecule has 1 aromatic heterocycles. The van der Waals surface area contributed by atoms with E-state index in [0.29, 0.717) is 31.6 Å². The van der Waals surface area contributed by atoms with Crippen molar-refractivity contribution in [2.75, 3.05) is 32.1 Å². The number of nitrogens with zero attached hydrogens (tertiary/aromatic N) is 3. The molecule has 0 saturated carbocycles. The maximum atomic E-state index is 14.1. The van der Waals surface area contributed by atoms with Crippen LogP contribution in [-0.4, -0.2) is 53.8 Å². The van der Waals surface area contributed by atoms with Crippen LogP contribution in [0.5, 0.6) is 0 Å². The van der Waals surface area contributed by atoms with Crippen molar-refractivity contribution in [1.29, 1.82) is 0 Å². The van der Waals surface area contributed by atoms with Crippen molar-refractivity contribution < 1.29 is 9.59 Å². The predicted octanol–water partition coefficient (Wildman–Crippen LogP) is 6.46. The lowest BCUT2D eigenvalue weighted by molar-refractivity contribution is -0.132. The van der Waals surface area contributed by atoms with Gasteiger partial charge in [0.15, 0.2) is 0 Å². The molecule has 0 aliphatic carbocycles. The molecule has 1 N–H and O–H groups in total. The number of benzene rings is 4. The lowest BCUT2D eigenvalue weighted by Gasteiger charge is -2.28. The van der Waals surface area contributed by atoms with E-state index in [-0.39, 0.29) is 18.4 Å². The number of anilines is 1. The number of carbonyl (C=O) groups is 2. The molecule has 0 radical (unpaired) electrons. The molecule has 42 heavy (non-hydrogen) atoms. The summed E-state index contributed by atoms with van der Waals surface area (Å²) in [7, 11) is 4.02. The lowest BCUT2D eigenvalue weighted by Crippen LogP contribution is -2.43. The number of aromatic amines is 1. The van der Waals surface area contributed by atoms with Crippen molar-refractivity contribution in [2.45, 2.75) is 26.4 Å². The summed E-state index contributed by atoms with van der Waals surface area (Å²) in [5, 5.41) is 1.17. The molecule has 0 fully saturated rings. The quantitative estimate of drug-likeness (QED) is 0.203. The number of para-hydroxylation sites is 1. The smallest absolute Gasteiger partial charge is 0.254 e. The first-order valence-corrected chi connectivity index (χ1v) is 14.4. The molecule has 2 amide bonds. The number of amides is 2. The van der Waals surface area contributed by atoms with Crippen molar-refractivity contribution in [3.05, 3.63) is 137 Å². The van der Waals surface area contributed by atoms with Gasteiger partial charge in [-0.2, -0.15) is 0 Å². The molecule has 5 aromatic rings. The third-order valence-corrected chi connectivity index (χ3v) is 7.63. The molecule has 6 nitrogen and oxygen atoms in total. The monoisotopic (exact) mass is 558 g/mol. The van der Waals surface area contributed by atoms with E-state index in [1.54, 1.807) is 4.90 Å². The topological polar surface area (TPSA) is 59.7 Å². The van der Waals surface area contributed by atoms with Crippen LogP contribution in [0.1, 0.15) is 32.6 Å². The normalized spacial score (nSPS) is 10.9. The van der Waals surface area contributed by atoms with Crippen molar-refractivity contribution in [2.24, 2.45) is 0 Å². The van der Waals surface area contributed by atoms with Gasteiger partial charge in [-0.05, 0) is 60.4 Å². The van der Waals surface area contributed by atoms with Crippen LogP contribution < -0.4 is 4.90 Å². The Morgan fingerprint density at radius 1 is 0.714 bits per heavy atom. The fraction of sp³-hybridized carbons (Fsp3) is 0.222. The van der Waals surface area contributed by atoms with E-state index in [2.05, 4.69) is 46.3 Å². The molecule has 1 heterocycles. The van der Waals surface area contributed by atoms with Crippen molar-refractivity contribution in [1.82, 2.24) is 14.8 Å². The molecule has 0 spiro atoms. The summed E-state index contributed by atoms with van der Waals surface area (Å²) in [5.74, 6) is -0.234. The molecule has 0 bridgehead atoms. The third-order valence-electron chi connectivity index (χ3n) is 7.63. The number of hydrogen-bond acceptors (Lipinski definition) is 3. The summed E-state index contributed by atoms with van der Waals surface area (Å²) < 4.78 is 0. The number of rotatable bonds is 11. The lowest BCUT2D eigenvalue weighted by atomic mass is 10.1. The van der Waals surface area contributed by atoms with Crippen LogP contribution in [0, 0.1) is 6.92 Å². The summed E-state index contributed by atoms with van der Waals surface area (Å²) in [6.07, 6.45) is 2.73. The summed E-state index contributed by atoms with van der Waals surface area (Å²) >= 11 is 0. The molecular formula is C36H38N4O2. The minimum atomic E-state index is -0.154. The van der Waals surface area contributed by atoms with Gasteiger partial charge in [-0.15, -0.1) is 0 Å². The maximum Gasteiger partial charge on any atom is 0.254 e. The number of carbonyl (C=O) groups excluding carboxylic acids is 2. The zero-order chi connectivity index (χ0) is 29.5. The van der Waals surface area contributed by atoms with Crippen LogP contribution in [0.2, 0.25) is 0 Å². The molecule has 6 heteroatoms. The Bertz CT molecular complexity index is 1620. The molecular weight excluding hydrogens is 520 g/mol. The molecule has 0 saturated heterocycles. The zero-order valence-electron chi connectivity index (χ0n) is 24.6. The maximum absolute atomic E-state index is 14.1. The van der Waals surface area contributed by atoms with Crippen LogP contribution in [0.25, 0.3) is 10.9 Å². The van der Waals surface area contributed by atoms with Gasteiger partial charge in [0.1, 0.15) is 6.54 Å². The number of H-pyrrole nitrogens is 1. The van der Waals surface area contributed by atoms with E-state index in [1.165, 1.54) is 10.9 Å². The number of hydrogen-bond donors (Lipinski definition) is 1. The average molecular weight is 559 g/mol. The van der Waals surface area contributed by atoms with Crippen molar-refractivity contribution >= 4 is 28.4 Å². The standard InChI is InChI=1S/C36H38N4O2/c1-27-13-17-30(18-14-27)36(42)40(25-28-9-5-4-6-10-28)26-35(41)39(24-29-15-19-32(20-16-29)38(2)3)22-21-31-23-37-34-12-8-7-11-33(31)34/h4-20,23,37H,21-22,24-26H2,1-3H3. The first-order valence-electron chi connectivity index (χ1n) is 14.4. The Balaban J connectivity index is 1.40. The zero-order valence-corrected chi connectivity index (χ0v) is 24.6. The Labute approximate surface area is 248 Å². The SMILES string of the molecule is Cc1ccc(C(=O)N(CC(=O)N(CCc2c[nH]c3ccccc23)Cc2ccc(N(C)C)cc2)Cc2ccccc2)cc1.